The zero-order valence-electron chi connectivity index (χ0n) is 16.7. The Bertz CT molecular complexity index is 979. The quantitative estimate of drug-likeness (QED) is 0.483. The molecule has 0 saturated carbocycles. The van der Waals surface area contributed by atoms with E-state index in [9.17, 15) is 27.9 Å². The van der Waals surface area contributed by atoms with E-state index in [1.54, 1.807) is 13.8 Å². The number of anilines is 1. The van der Waals surface area contributed by atoms with E-state index in [0.717, 1.165) is 16.0 Å². The number of nitrogens with one attached hydrogen (secondary N) is 2. The van der Waals surface area contributed by atoms with Crippen LogP contribution in [0.5, 0.6) is 0 Å². The number of urea groups is 1. The minimum absolute atomic E-state index is 0.0458. The molecule has 0 spiro atoms. The average Bonchev–Trinajstić information content (AvgIpc) is 3.03. The Morgan fingerprint density at radius 1 is 0.968 bits per heavy atom. The highest BCUT2D eigenvalue weighted by atomic mass is 32.2. The van der Waals surface area contributed by atoms with Crippen molar-refractivity contribution in [2.45, 2.75) is 52.8 Å². The van der Waals surface area contributed by atoms with E-state index in [4.69, 9.17) is 0 Å². The van der Waals surface area contributed by atoms with E-state index in [-0.39, 0.29) is 22.7 Å². The summed E-state index contributed by atoms with van der Waals surface area (Å²) in [7, 11) is 0. The monoisotopic (exact) mass is 470 g/mol. The molecule has 2 aromatic carbocycles. The lowest BCUT2D eigenvalue weighted by Crippen LogP contribution is -2.38. The molecule has 1 aliphatic rings. The van der Waals surface area contributed by atoms with Crippen molar-refractivity contribution >= 4 is 41.2 Å². The van der Waals surface area contributed by atoms with E-state index in [2.05, 4.69) is 10.6 Å². The number of halogens is 3. The van der Waals surface area contributed by atoms with Gasteiger partial charge in [-0.05, 0) is 86.0 Å². The highest BCUT2D eigenvalue weighted by molar-refractivity contribution is 8.01. The van der Waals surface area contributed by atoms with Gasteiger partial charge in [0.25, 0.3) is 0 Å². The smallest absolute Gasteiger partial charge is 0.446 e. The predicted molar refractivity (Wildman–Crippen MR) is 116 cm³/mol. The Morgan fingerprint density at radius 3 is 2.19 bits per heavy atom. The maximum Gasteiger partial charge on any atom is 0.446 e. The molecule has 31 heavy (non-hydrogen) atoms. The topological polar surface area (TPSA) is 78.4 Å². The SMILES string of the molecule is CC(C)(Sc1ccc2c(c1)CC(NC(=O)Nc1ccc(SC(F)(F)F)cc1)C2)C(=O)O. The summed E-state index contributed by atoms with van der Waals surface area (Å²) in [5, 5.41) is 14.8. The summed E-state index contributed by atoms with van der Waals surface area (Å²) in [5.74, 6) is -0.890. The first-order valence-electron chi connectivity index (χ1n) is 9.39. The summed E-state index contributed by atoms with van der Waals surface area (Å²) < 4.78 is 36.2. The predicted octanol–water partition coefficient (Wildman–Crippen LogP) is 5.54. The summed E-state index contributed by atoms with van der Waals surface area (Å²) in [6, 6.07) is 10.7. The number of aliphatic carboxylic acids is 1. The molecule has 0 saturated heterocycles. The molecule has 0 bridgehead atoms. The van der Waals surface area contributed by atoms with E-state index in [0.29, 0.717) is 18.5 Å². The van der Waals surface area contributed by atoms with Crippen LogP contribution in [-0.4, -0.2) is 33.4 Å². The Balaban J connectivity index is 1.55. The molecule has 0 radical (unpaired) electrons. The molecule has 3 N–H and O–H groups in total. The van der Waals surface area contributed by atoms with Crippen LogP contribution in [0.3, 0.4) is 0 Å². The van der Waals surface area contributed by atoms with Gasteiger partial charge in [0.2, 0.25) is 0 Å². The maximum absolute atomic E-state index is 12.4. The molecule has 1 atom stereocenters. The van der Waals surface area contributed by atoms with Gasteiger partial charge in [-0.1, -0.05) is 6.07 Å². The Labute approximate surface area is 186 Å². The number of benzene rings is 2. The molecule has 166 valence electrons. The maximum atomic E-state index is 12.4. The second kappa shape index (κ2) is 9.04. The fourth-order valence-corrected chi connectivity index (χ4v) is 4.74. The van der Waals surface area contributed by atoms with E-state index in [1.165, 1.54) is 36.0 Å². The number of hydrogen-bond acceptors (Lipinski definition) is 4. The van der Waals surface area contributed by atoms with Gasteiger partial charge in [-0.3, -0.25) is 4.79 Å². The fourth-order valence-electron chi connectivity index (χ4n) is 3.19. The molecule has 10 heteroatoms. The third-order valence-corrected chi connectivity index (χ3v) is 6.59. The molecule has 0 aliphatic heterocycles. The summed E-state index contributed by atoms with van der Waals surface area (Å²) in [5.41, 5.74) is -1.80. The number of rotatable bonds is 6. The Morgan fingerprint density at radius 2 is 1.58 bits per heavy atom. The van der Waals surface area contributed by atoms with Gasteiger partial charge in [0, 0.05) is 21.5 Å². The average molecular weight is 471 g/mol. The second-order valence-corrected chi connectivity index (χ2v) is 10.5. The number of alkyl halides is 3. The minimum atomic E-state index is -4.36. The van der Waals surface area contributed by atoms with Gasteiger partial charge in [0.15, 0.2) is 0 Å². The molecule has 0 aromatic heterocycles. The standard InChI is InChI=1S/C21H21F3N2O3S2/c1-20(2,18(27)28)30-17-6-3-12-9-15(10-13(12)11-17)26-19(29)25-14-4-7-16(8-5-14)31-21(22,23)24/h3-8,11,15H,9-10H2,1-2H3,(H,27,28)(H2,25,26,29). The van der Waals surface area contributed by atoms with Crippen LogP contribution < -0.4 is 10.6 Å². The van der Waals surface area contributed by atoms with Gasteiger partial charge >= 0.3 is 17.5 Å². The summed E-state index contributed by atoms with van der Waals surface area (Å²) in [6.07, 6.45) is 1.27. The largest absolute Gasteiger partial charge is 0.480 e. The van der Waals surface area contributed by atoms with Crippen LogP contribution >= 0.6 is 23.5 Å². The highest BCUT2D eigenvalue weighted by Crippen LogP contribution is 2.37. The van der Waals surface area contributed by atoms with Crippen molar-refractivity contribution in [3.05, 3.63) is 53.6 Å². The van der Waals surface area contributed by atoms with Crippen LogP contribution in [0.25, 0.3) is 0 Å². The summed E-state index contributed by atoms with van der Waals surface area (Å²) >= 11 is 1.06. The number of carbonyl (C=O) groups is 2. The lowest BCUT2D eigenvalue weighted by atomic mass is 10.1. The van der Waals surface area contributed by atoms with Crippen LogP contribution in [0.15, 0.2) is 52.3 Å². The first kappa shape index (κ1) is 23.3. The number of carboxylic acid groups (broad SMARTS) is 1. The molecule has 5 nitrogen and oxygen atoms in total. The van der Waals surface area contributed by atoms with Gasteiger partial charge in [0.05, 0.1) is 0 Å². The van der Waals surface area contributed by atoms with E-state index in [1.807, 2.05) is 18.2 Å². The number of carbonyl (C=O) groups excluding carboxylic acids is 1. The molecule has 3 rings (SSSR count). The molecular weight excluding hydrogens is 449 g/mol. The minimum Gasteiger partial charge on any atom is -0.480 e. The Hall–Kier alpha value is -2.33. The van der Waals surface area contributed by atoms with Crippen molar-refractivity contribution in [3.8, 4) is 0 Å². The van der Waals surface area contributed by atoms with Gasteiger partial charge in [-0.2, -0.15) is 13.2 Å². The zero-order valence-corrected chi connectivity index (χ0v) is 18.4. The first-order valence-corrected chi connectivity index (χ1v) is 11.0. The summed E-state index contributed by atoms with van der Waals surface area (Å²) in [6.45, 7) is 3.30. The second-order valence-electron chi connectivity index (χ2n) is 7.62. The van der Waals surface area contributed by atoms with Crippen LogP contribution in [0.1, 0.15) is 25.0 Å². The molecular formula is C21H21F3N2O3S2. The Kier molecular flexibility index (Phi) is 6.80. The molecule has 2 amide bonds. The van der Waals surface area contributed by atoms with Crippen LogP contribution in [-0.2, 0) is 17.6 Å². The number of amides is 2. The van der Waals surface area contributed by atoms with Crippen molar-refractivity contribution in [3.63, 3.8) is 0 Å². The van der Waals surface area contributed by atoms with E-state index < -0.39 is 22.3 Å². The normalized spacial score (nSPS) is 16.0. The van der Waals surface area contributed by atoms with Crippen LogP contribution in [0.4, 0.5) is 23.7 Å². The van der Waals surface area contributed by atoms with E-state index >= 15 is 0 Å². The van der Waals surface area contributed by atoms with Crippen LogP contribution in [0, 0.1) is 0 Å². The molecule has 0 heterocycles. The molecule has 1 aliphatic carbocycles. The van der Waals surface area contributed by atoms with Gasteiger partial charge in [-0.25, -0.2) is 4.79 Å². The third-order valence-electron chi connectivity index (χ3n) is 4.68. The van der Waals surface area contributed by atoms with Gasteiger partial charge < -0.3 is 15.7 Å². The molecule has 1 unspecified atom stereocenters. The van der Waals surface area contributed by atoms with Crippen molar-refractivity contribution in [1.82, 2.24) is 5.32 Å². The lowest BCUT2D eigenvalue weighted by molar-refractivity contribution is -0.138. The lowest BCUT2D eigenvalue weighted by Gasteiger charge is -2.18. The van der Waals surface area contributed by atoms with Crippen molar-refractivity contribution in [2.24, 2.45) is 0 Å². The van der Waals surface area contributed by atoms with Crippen molar-refractivity contribution in [1.29, 1.82) is 0 Å². The van der Waals surface area contributed by atoms with Crippen molar-refractivity contribution in [2.75, 3.05) is 5.32 Å². The number of thioether (sulfide) groups is 2. The van der Waals surface area contributed by atoms with Crippen molar-refractivity contribution < 1.29 is 27.9 Å². The molecule has 0 fully saturated rings. The molecule has 2 aromatic rings. The number of carboxylic acids is 1. The van der Waals surface area contributed by atoms with Gasteiger partial charge in [-0.15, -0.1) is 11.8 Å². The number of hydrogen-bond donors (Lipinski definition) is 3. The fraction of sp³-hybridized carbons (Fsp3) is 0.333. The zero-order chi connectivity index (χ0) is 22.8. The number of fused-ring (bicyclic) bond motifs is 1. The third kappa shape index (κ3) is 6.57. The highest BCUT2D eigenvalue weighted by Gasteiger charge is 2.30. The summed E-state index contributed by atoms with van der Waals surface area (Å²) in [4.78, 5) is 24.5. The first-order chi connectivity index (χ1) is 14.4. The van der Waals surface area contributed by atoms with Gasteiger partial charge in [0.1, 0.15) is 4.75 Å². The van der Waals surface area contributed by atoms with Crippen LogP contribution in [0.2, 0.25) is 0 Å².